The van der Waals surface area contributed by atoms with Crippen molar-refractivity contribution in [1.29, 1.82) is 0 Å². The molecule has 0 fully saturated rings. The van der Waals surface area contributed by atoms with Crippen LogP contribution in [0.1, 0.15) is 0 Å². The Hall–Kier alpha value is -0.180. The average Bonchev–Trinajstić information content (AvgIpc) is 1.61. The van der Waals surface area contributed by atoms with E-state index >= 15 is 0 Å². The zero-order valence-corrected chi connectivity index (χ0v) is 5.37. The summed E-state index contributed by atoms with van der Waals surface area (Å²) in [6.07, 6.45) is 1.12. The monoisotopic (exact) mass is 212 g/mol. The van der Waals surface area contributed by atoms with Crippen LogP contribution in [0.25, 0.3) is 0 Å². The topological polar surface area (TPSA) is 169 Å². The normalized spacial score (nSPS) is 6.33. The maximum atomic E-state index is 9.55. The maximum absolute atomic E-state index is 9.55. The second-order valence-corrected chi connectivity index (χ2v) is 1.01. The Kier molecular flexibility index (Phi) is 42.3. The fraction of sp³-hybridized carbons (Fsp3) is 0. The van der Waals surface area contributed by atoms with Crippen LogP contribution in [-0.2, 0) is 9.59 Å². The molecule has 0 aliphatic carbocycles. The first-order valence-electron chi connectivity index (χ1n) is 1.77. The molecule has 7 nitrogen and oxygen atoms in total. The number of rotatable bonds is 2. The molecule has 8 heteroatoms. The Morgan fingerprint density at radius 3 is 1.08 bits per heavy atom. The molecule has 0 radical (unpaired) electrons. The van der Waals surface area contributed by atoms with Gasteiger partial charge in [0.05, 0.1) is 0 Å². The molecule has 0 rings (SSSR count). The van der Waals surface area contributed by atoms with Crippen molar-refractivity contribution in [3.63, 3.8) is 0 Å². The van der Waals surface area contributed by atoms with Gasteiger partial charge in [-0.1, -0.05) is 0 Å². The molecule has 8 N–H and O–H groups in total. The van der Waals surface area contributed by atoms with Crippen LogP contribution in [0.2, 0.25) is 0 Å². The minimum atomic E-state index is -1.26. The van der Waals surface area contributed by atoms with E-state index in [-0.39, 0.29) is 54.2 Å². The van der Waals surface area contributed by atoms with Gasteiger partial charge in [-0.15, -0.1) is 0 Å². The standard InChI is InChI=1S/C4H4O4.Ca.3H2O.2H/c5-3(6)1-2-4(7)8;;;;;;/h1-2H,(H,5,6)(H,7,8);;3*1H2;;/b2-1+;;;;;;. The number of carboxylic acids is 2. The fourth-order valence-electron chi connectivity index (χ4n) is 0.143. The number of hydrogen-bond acceptors (Lipinski definition) is 2. The van der Waals surface area contributed by atoms with Crippen LogP contribution in [0.15, 0.2) is 12.2 Å². The molecular weight excluding hydrogens is 200 g/mol. The van der Waals surface area contributed by atoms with Crippen molar-refractivity contribution in [2.45, 2.75) is 0 Å². The van der Waals surface area contributed by atoms with E-state index < -0.39 is 11.9 Å². The molecule has 0 amide bonds. The van der Waals surface area contributed by atoms with E-state index in [0.29, 0.717) is 12.2 Å². The van der Waals surface area contributed by atoms with E-state index in [2.05, 4.69) is 0 Å². The van der Waals surface area contributed by atoms with Gasteiger partial charge in [0.1, 0.15) is 0 Å². The predicted octanol–water partition coefficient (Wildman–Crippen LogP) is -3.68. The SMILES string of the molecule is O.O.O.O=C(O)/C=C/C(=O)O.[CaH2]. The first-order valence-corrected chi connectivity index (χ1v) is 1.77. The second kappa shape index (κ2) is 17.1. The Labute approximate surface area is 97.6 Å². The van der Waals surface area contributed by atoms with E-state index in [1.54, 1.807) is 0 Å². The first-order chi connectivity index (χ1) is 3.63. The van der Waals surface area contributed by atoms with E-state index in [1.807, 2.05) is 0 Å². The molecule has 0 saturated heterocycles. The first kappa shape index (κ1) is 29.8. The predicted molar refractivity (Wildman–Crippen MR) is 43.8 cm³/mol. The van der Waals surface area contributed by atoms with Gasteiger partial charge >= 0.3 is 49.7 Å². The summed E-state index contributed by atoms with van der Waals surface area (Å²) in [6, 6.07) is 0. The quantitative estimate of drug-likeness (QED) is 0.355. The molecule has 72 valence electrons. The Morgan fingerprint density at radius 2 is 1.00 bits per heavy atom. The van der Waals surface area contributed by atoms with Crippen LogP contribution in [0.3, 0.4) is 0 Å². The molecule has 0 aliphatic heterocycles. The Balaban J connectivity index is -0.0000000408. The van der Waals surface area contributed by atoms with Gasteiger partial charge in [-0.2, -0.15) is 0 Å². The van der Waals surface area contributed by atoms with E-state index in [0.717, 1.165) is 0 Å². The number of carboxylic acid groups (broad SMARTS) is 2. The molecule has 12 heavy (non-hydrogen) atoms. The zero-order chi connectivity index (χ0) is 6.57. The summed E-state index contributed by atoms with van der Waals surface area (Å²) in [5, 5.41) is 15.6. The summed E-state index contributed by atoms with van der Waals surface area (Å²) >= 11 is 0. The number of hydrogen-bond donors (Lipinski definition) is 2. The van der Waals surface area contributed by atoms with Gasteiger partial charge in [0.15, 0.2) is 0 Å². The number of aliphatic carboxylic acids is 2. The molecule has 0 aliphatic rings. The molecule has 0 atom stereocenters. The van der Waals surface area contributed by atoms with E-state index in [9.17, 15) is 9.59 Å². The van der Waals surface area contributed by atoms with Crippen molar-refractivity contribution in [2.24, 2.45) is 0 Å². The summed E-state index contributed by atoms with van der Waals surface area (Å²) in [5.74, 6) is -2.51. The molecule has 0 bridgehead atoms. The van der Waals surface area contributed by atoms with Gasteiger partial charge in [0.25, 0.3) is 0 Å². The molecule has 0 aromatic rings. The molecule has 0 spiro atoms. The van der Waals surface area contributed by atoms with Crippen LogP contribution in [0, 0.1) is 0 Å². The summed E-state index contributed by atoms with van der Waals surface area (Å²) in [6.45, 7) is 0. The third kappa shape index (κ3) is 32.9. The van der Waals surface area contributed by atoms with Gasteiger partial charge < -0.3 is 26.6 Å². The van der Waals surface area contributed by atoms with Crippen molar-refractivity contribution in [3.05, 3.63) is 12.2 Å². The van der Waals surface area contributed by atoms with Crippen LogP contribution >= 0.6 is 0 Å². The summed E-state index contributed by atoms with van der Waals surface area (Å²) in [4.78, 5) is 19.1. The third-order valence-electron chi connectivity index (χ3n) is 0.368. The van der Waals surface area contributed by atoms with E-state index in [1.165, 1.54) is 0 Å². The summed E-state index contributed by atoms with van der Waals surface area (Å²) in [7, 11) is 0. The molecule has 0 unspecified atom stereocenters. The second-order valence-electron chi connectivity index (χ2n) is 1.01. The van der Waals surface area contributed by atoms with Crippen molar-refractivity contribution in [3.8, 4) is 0 Å². The van der Waals surface area contributed by atoms with Gasteiger partial charge in [-0.3, -0.25) is 0 Å². The van der Waals surface area contributed by atoms with Gasteiger partial charge in [0.2, 0.25) is 0 Å². The van der Waals surface area contributed by atoms with E-state index in [4.69, 9.17) is 10.2 Å². The van der Waals surface area contributed by atoms with Crippen LogP contribution < -0.4 is 0 Å². The molecule has 0 heterocycles. The fourth-order valence-corrected chi connectivity index (χ4v) is 0.143. The zero-order valence-electron chi connectivity index (χ0n) is 5.37. The van der Waals surface area contributed by atoms with Gasteiger partial charge in [-0.25, -0.2) is 9.59 Å². The number of carbonyl (C=O) groups is 2. The van der Waals surface area contributed by atoms with Crippen molar-refractivity contribution >= 4 is 49.7 Å². The minimum absolute atomic E-state index is 0. The Morgan fingerprint density at radius 1 is 0.833 bits per heavy atom. The summed E-state index contributed by atoms with van der Waals surface area (Å²) < 4.78 is 0. The molecule has 0 saturated carbocycles. The van der Waals surface area contributed by atoms with Crippen molar-refractivity contribution in [1.82, 2.24) is 0 Å². The van der Waals surface area contributed by atoms with Crippen LogP contribution in [0.5, 0.6) is 0 Å². The van der Waals surface area contributed by atoms with Crippen LogP contribution in [0.4, 0.5) is 0 Å². The van der Waals surface area contributed by atoms with Gasteiger partial charge in [-0.05, 0) is 0 Å². The van der Waals surface area contributed by atoms with Gasteiger partial charge in [0, 0.05) is 12.2 Å². The van der Waals surface area contributed by atoms with Crippen molar-refractivity contribution in [2.75, 3.05) is 0 Å². The summed E-state index contributed by atoms with van der Waals surface area (Å²) in [5.41, 5.74) is 0. The molecule has 0 aromatic carbocycles. The molecular formula is C4H12CaO7. The Bertz CT molecular complexity index is 126. The van der Waals surface area contributed by atoms with Crippen LogP contribution in [-0.4, -0.2) is 76.3 Å². The van der Waals surface area contributed by atoms with Crippen molar-refractivity contribution < 1.29 is 36.2 Å². The molecule has 0 aromatic heterocycles. The average molecular weight is 212 g/mol. The third-order valence-corrected chi connectivity index (χ3v) is 0.368.